The molecule has 1 aromatic carbocycles. The van der Waals surface area contributed by atoms with Gasteiger partial charge in [-0.15, -0.1) is 0 Å². The maximum atomic E-state index is 12.8. The van der Waals surface area contributed by atoms with E-state index in [1.54, 1.807) is 0 Å². The molecule has 2 saturated heterocycles. The Labute approximate surface area is 152 Å². The molecule has 4 heteroatoms. The molecule has 0 spiro atoms. The van der Waals surface area contributed by atoms with Crippen LogP contribution in [0.1, 0.15) is 45.4 Å². The van der Waals surface area contributed by atoms with Crippen molar-refractivity contribution in [3.05, 3.63) is 30.3 Å². The van der Waals surface area contributed by atoms with E-state index in [4.69, 9.17) is 4.74 Å². The van der Waals surface area contributed by atoms with Crippen LogP contribution in [0.25, 0.3) is 0 Å². The summed E-state index contributed by atoms with van der Waals surface area (Å²) in [6, 6.07) is 10.5. The van der Waals surface area contributed by atoms with E-state index in [-0.39, 0.29) is 0 Å². The molecule has 3 rings (SSSR count). The van der Waals surface area contributed by atoms with Gasteiger partial charge in [0.25, 0.3) is 0 Å². The highest BCUT2D eigenvalue weighted by molar-refractivity contribution is 5.78. The standard InChI is InChI=1S/C21H32N2O2/c1-2-19-10-6-7-14-23(19)21(24)16-22-13-8-9-18(15-22)17-25-20-11-4-3-5-12-20/h3-5,11-12,18-19H,2,6-10,13-17H2,1H3. The topological polar surface area (TPSA) is 32.8 Å². The van der Waals surface area contributed by atoms with Crippen LogP contribution in [0.3, 0.4) is 0 Å². The Hall–Kier alpha value is -1.55. The van der Waals surface area contributed by atoms with E-state index in [2.05, 4.69) is 16.7 Å². The second kappa shape index (κ2) is 9.23. The van der Waals surface area contributed by atoms with Gasteiger partial charge in [0.2, 0.25) is 5.91 Å². The van der Waals surface area contributed by atoms with Crippen LogP contribution in [0.5, 0.6) is 5.75 Å². The first-order valence-electron chi connectivity index (χ1n) is 9.96. The van der Waals surface area contributed by atoms with Crippen molar-refractivity contribution in [2.24, 2.45) is 5.92 Å². The maximum absolute atomic E-state index is 12.8. The molecular formula is C21H32N2O2. The van der Waals surface area contributed by atoms with Gasteiger partial charge in [-0.05, 0) is 57.2 Å². The predicted molar refractivity (Wildman–Crippen MR) is 101 cm³/mol. The highest BCUT2D eigenvalue weighted by Gasteiger charge is 2.28. The van der Waals surface area contributed by atoms with E-state index in [1.807, 2.05) is 30.3 Å². The van der Waals surface area contributed by atoms with E-state index < -0.39 is 0 Å². The van der Waals surface area contributed by atoms with Gasteiger partial charge in [0.15, 0.2) is 0 Å². The second-order valence-corrected chi connectivity index (χ2v) is 7.51. The minimum Gasteiger partial charge on any atom is -0.493 e. The summed E-state index contributed by atoms with van der Waals surface area (Å²) in [5, 5.41) is 0. The van der Waals surface area contributed by atoms with Crippen molar-refractivity contribution >= 4 is 5.91 Å². The summed E-state index contributed by atoms with van der Waals surface area (Å²) in [5.41, 5.74) is 0. The Kier molecular flexibility index (Phi) is 6.74. The van der Waals surface area contributed by atoms with Crippen molar-refractivity contribution in [2.45, 2.75) is 51.5 Å². The van der Waals surface area contributed by atoms with Crippen LogP contribution in [-0.4, -0.2) is 54.5 Å². The Morgan fingerprint density at radius 1 is 1.12 bits per heavy atom. The largest absolute Gasteiger partial charge is 0.493 e. The van der Waals surface area contributed by atoms with Gasteiger partial charge in [0, 0.05) is 25.0 Å². The van der Waals surface area contributed by atoms with Gasteiger partial charge >= 0.3 is 0 Å². The van der Waals surface area contributed by atoms with Gasteiger partial charge in [-0.3, -0.25) is 9.69 Å². The van der Waals surface area contributed by atoms with Gasteiger partial charge in [-0.2, -0.15) is 0 Å². The molecule has 1 amide bonds. The smallest absolute Gasteiger partial charge is 0.236 e. The number of benzene rings is 1. The molecule has 138 valence electrons. The molecule has 2 atom stereocenters. The first kappa shape index (κ1) is 18.2. The number of hydrogen-bond donors (Lipinski definition) is 0. The number of piperidine rings is 2. The number of hydrogen-bond acceptors (Lipinski definition) is 3. The van der Waals surface area contributed by atoms with E-state index in [0.29, 0.717) is 24.4 Å². The monoisotopic (exact) mass is 344 g/mol. The summed E-state index contributed by atoms with van der Waals surface area (Å²) < 4.78 is 5.93. The summed E-state index contributed by atoms with van der Waals surface area (Å²) in [6.45, 7) is 6.50. The number of rotatable bonds is 6. The summed E-state index contributed by atoms with van der Waals surface area (Å²) in [5.74, 6) is 1.79. The lowest BCUT2D eigenvalue weighted by Gasteiger charge is -2.38. The van der Waals surface area contributed by atoms with Gasteiger partial charge in [0.1, 0.15) is 5.75 Å². The van der Waals surface area contributed by atoms with Gasteiger partial charge in [0.05, 0.1) is 13.2 Å². The van der Waals surface area contributed by atoms with Crippen LogP contribution < -0.4 is 4.74 Å². The van der Waals surface area contributed by atoms with Gasteiger partial charge in [-0.25, -0.2) is 0 Å². The lowest BCUT2D eigenvalue weighted by Crippen LogP contribution is -2.49. The predicted octanol–water partition coefficient (Wildman–Crippen LogP) is 3.57. The first-order chi connectivity index (χ1) is 12.3. The number of nitrogens with zero attached hydrogens (tertiary/aromatic N) is 2. The van der Waals surface area contributed by atoms with Crippen molar-refractivity contribution in [1.29, 1.82) is 0 Å². The van der Waals surface area contributed by atoms with Crippen LogP contribution in [0.4, 0.5) is 0 Å². The Balaban J connectivity index is 1.47. The van der Waals surface area contributed by atoms with Crippen LogP contribution in [-0.2, 0) is 4.79 Å². The molecule has 2 unspecified atom stereocenters. The number of ether oxygens (including phenoxy) is 1. The highest BCUT2D eigenvalue weighted by atomic mass is 16.5. The number of para-hydroxylation sites is 1. The van der Waals surface area contributed by atoms with Crippen molar-refractivity contribution in [3.63, 3.8) is 0 Å². The summed E-state index contributed by atoms with van der Waals surface area (Å²) in [6.07, 6.45) is 7.04. The lowest BCUT2D eigenvalue weighted by atomic mass is 9.98. The van der Waals surface area contributed by atoms with Crippen molar-refractivity contribution in [1.82, 2.24) is 9.80 Å². The molecule has 2 aliphatic rings. The SMILES string of the molecule is CCC1CCCCN1C(=O)CN1CCCC(COc2ccccc2)C1. The fourth-order valence-corrected chi connectivity index (χ4v) is 4.20. The second-order valence-electron chi connectivity index (χ2n) is 7.51. The molecule has 2 heterocycles. The number of amides is 1. The van der Waals surface area contributed by atoms with Crippen LogP contribution >= 0.6 is 0 Å². The molecule has 0 aromatic heterocycles. The highest BCUT2D eigenvalue weighted by Crippen LogP contribution is 2.22. The minimum atomic E-state index is 0.330. The third kappa shape index (κ3) is 5.21. The van der Waals surface area contributed by atoms with Crippen molar-refractivity contribution < 1.29 is 9.53 Å². The molecule has 0 saturated carbocycles. The molecule has 0 aliphatic carbocycles. The van der Waals surface area contributed by atoms with Crippen LogP contribution in [0.15, 0.2) is 30.3 Å². The summed E-state index contributed by atoms with van der Waals surface area (Å²) in [4.78, 5) is 17.3. The first-order valence-corrected chi connectivity index (χ1v) is 9.96. The van der Waals surface area contributed by atoms with Crippen LogP contribution in [0, 0.1) is 5.92 Å². The van der Waals surface area contributed by atoms with Crippen LogP contribution in [0.2, 0.25) is 0 Å². The average Bonchev–Trinajstić information content (AvgIpc) is 2.67. The zero-order valence-corrected chi connectivity index (χ0v) is 15.5. The molecule has 4 nitrogen and oxygen atoms in total. The molecule has 0 N–H and O–H groups in total. The number of likely N-dealkylation sites (tertiary alicyclic amines) is 2. The molecule has 2 fully saturated rings. The fourth-order valence-electron chi connectivity index (χ4n) is 4.20. The summed E-state index contributed by atoms with van der Waals surface area (Å²) in [7, 11) is 0. The molecule has 0 radical (unpaired) electrons. The quantitative estimate of drug-likeness (QED) is 0.791. The number of carbonyl (C=O) groups excluding carboxylic acids is 1. The molecule has 1 aromatic rings. The van der Waals surface area contributed by atoms with E-state index in [1.165, 1.54) is 19.3 Å². The van der Waals surface area contributed by atoms with Crippen molar-refractivity contribution in [2.75, 3.05) is 32.8 Å². The lowest BCUT2D eigenvalue weighted by molar-refractivity contribution is -0.136. The zero-order valence-electron chi connectivity index (χ0n) is 15.5. The Bertz CT molecular complexity index is 534. The van der Waals surface area contributed by atoms with Gasteiger partial charge < -0.3 is 9.64 Å². The molecule has 0 bridgehead atoms. The van der Waals surface area contributed by atoms with E-state index >= 15 is 0 Å². The normalized spacial score (nSPS) is 24.9. The van der Waals surface area contributed by atoms with Gasteiger partial charge in [-0.1, -0.05) is 25.1 Å². The number of carbonyl (C=O) groups is 1. The molecule has 2 aliphatic heterocycles. The summed E-state index contributed by atoms with van der Waals surface area (Å²) >= 11 is 0. The third-order valence-corrected chi connectivity index (χ3v) is 5.61. The van der Waals surface area contributed by atoms with Crippen molar-refractivity contribution in [3.8, 4) is 5.75 Å². The molecule has 25 heavy (non-hydrogen) atoms. The maximum Gasteiger partial charge on any atom is 0.236 e. The fraction of sp³-hybridized carbons (Fsp3) is 0.667. The third-order valence-electron chi connectivity index (χ3n) is 5.61. The zero-order chi connectivity index (χ0) is 17.5. The van der Waals surface area contributed by atoms with E-state index in [0.717, 1.165) is 51.3 Å². The average molecular weight is 344 g/mol. The Morgan fingerprint density at radius 3 is 2.76 bits per heavy atom. The minimum absolute atomic E-state index is 0.330. The van der Waals surface area contributed by atoms with E-state index in [9.17, 15) is 4.79 Å². The Morgan fingerprint density at radius 2 is 1.96 bits per heavy atom. The molecular weight excluding hydrogens is 312 g/mol.